The topological polar surface area (TPSA) is 65.4 Å². The number of aliphatic imine (C=N–C) groups is 1. The highest BCUT2D eigenvalue weighted by molar-refractivity contribution is 6.11. The zero-order chi connectivity index (χ0) is 24.9. The number of aromatic nitrogens is 2. The third-order valence-electron chi connectivity index (χ3n) is 5.42. The summed E-state index contributed by atoms with van der Waals surface area (Å²) >= 11 is 0. The lowest BCUT2D eigenvalue weighted by Gasteiger charge is -2.15. The van der Waals surface area contributed by atoms with Crippen LogP contribution in [0.1, 0.15) is 38.3 Å². The van der Waals surface area contributed by atoms with Crippen molar-refractivity contribution < 1.29 is 0 Å². The minimum absolute atomic E-state index is 0.597. The first kappa shape index (κ1) is 27.0. The molecule has 6 heteroatoms. The molecule has 1 aromatic carbocycles. The average Bonchev–Trinajstić information content (AvgIpc) is 3.39. The molecule has 2 N–H and O–H groups in total. The summed E-state index contributed by atoms with van der Waals surface area (Å²) in [6.07, 6.45) is 10.9. The van der Waals surface area contributed by atoms with Crippen LogP contribution in [0.15, 0.2) is 66.5 Å². The quantitative estimate of drug-likeness (QED) is 0.394. The second-order valence-electron chi connectivity index (χ2n) is 8.14. The van der Waals surface area contributed by atoms with E-state index in [2.05, 4.69) is 40.5 Å². The van der Waals surface area contributed by atoms with E-state index in [9.17, 15) is 0 Å². The molecule has 0 aliphatic carbocycles. The molecule has 1 atom stereocenters. The molecule has 1 saturated heterocycles. The van der Waals surface area contributed by atoms with Crippen molar-refractivity contribution in [3.63, 3.8) is 0 Å². The summed E-state index contributed by atoms with van der Waals surface area (Å²) < 4.78 is 0. The Balaban J connectivity index is 0.00000199. The number of hydrogen-bond acceptors (Lipinski definition) is 6. The van der Waals surface area contributed by atoms with Crippen molar-refractivity contribution >= 4 is 17.1 Å². The van der Waals surface area contributed by atoms with E-state index in [0.29, 0.717) is 11.7 Å². The molecule has 182 valence electrons. The van der Waals surface area contributed by atoms with Crippen LogP contribution in [0.5, 0.6) is 0 Å². The molecular formula is C28H40N6. The van der Waals surface area contributed by atoms with Gasteiger partial charge in [-0.15, -0.1) is 0 Å². The van der Waals surface area contributed by atoms with Gasteiger partial charge < -0.3 is 15.5 Å². The van der Waals surface area contributed by atoms with Crippen molar-refractivity contribution in [3.8, 4) is 11.4 Å². The molecule has 0 radical (unpaired) electrons. The zero-order valence-corrected chi connectivity index (χ0v) is 21.6. The molecule has 1 unspecified atom stereocenters. The normalized spacial score (nSPS) is 16.2. The first-order chi connectivity index (χ1) is 16.5. The van der Waals surface area contributed by atoms with E-state index in [1.807, 2.05) is 76.3 Å². The highest BCUT2D eigenvalue weighted by atomic mass is 15.0. The van der Waals surface area contributed by atoms with Gasteiger partial charge in [0, 0.05) is 45.6 Å². The molecule has 1 aliphatic heterocycles. The molecule has 34 heavy (non-hydrogen) atoms. The minimum atomic E-state index is 0.597. The van der Waals surface area contributed by atoms with Crippen LogP contribution < -0.4 is 10.6 Å². The summed E-state index contributed by atoms with van der Waals surface area (Å²) in [7, 11) is 5.81. The number of hydrogen-bond donors (Lipinski definition) is 2. The van der Waals surface area contributed by atoms with Crippen molar-refractivity contribution in [2.45, 2.75) is 27.2 Å². The van der Waals surface area contributed by atoms with Gasteiger partial charge in [0.25, 0.3) is 0 Å². The third kappa shape index (κ3) is 7.39. The molecule has 1 fully saturated rings. The molecule has 0 saturated carbocycles. The molecule has 6 nitrogen and oxygen atoms in total. The SMILES string of the molecule is C=C/C(=C\N(C)C)c1cccc(-c2ncc(C(/C=C\C)=NC)c(NCC3CCNC3)n2)c1.CC. The highest BCUT2D eigenvalue weighted by Gasteiger charge is 2.17. The standard InChI is InChI=1S/C26H34N6.C2H6/c1-6-9-24(27-3)23-17-30-25(31-26(23)29-16-19-12-13-28-15-19)22-11-8-10-21(14-22)20(7-2)18-32(4)5;1-2/h6-11,14,17-19,28H,2,12-13,15-16H2,1,3-5H3,(H,29,30,31);1-2H3/b9-6-,20-18+,27-24?;. The predicted molar refractivity (Wildman–Crippen MR) is 147 cm³/mol. The van der Waals surface area contributed by atoms with Crippen LogP contribution in [-0.4, -0.2) is 61.4 Å². The monoisotopic (exact) mass is 460 g/mol. The third-order valence-corrected chi connectivity index (χ3v) is 5.42. The van der Waals surface area contributed by atoms with E-state index in [0.717, 1.165) is 53.4 Å². The molecule has 1 aliphatic rings. The van der Waals surface area contributed by atoms with Gasteiger partial charge in [-0.3, -0.25) is 4.99 Å². The van der Waals surface area contributed by atoms with E-state index < -0.39 is 0 Å². The summed E-state index contributed by atoms with van der Waals surface area (Å²) in [6, 6.07) is 8.26. The van der Waals surface area contributed by atoms with E-state index in [4.69, 9.17) is 9.97 Å². The molecular weight excluding hydrogens is 420 g/mol. The predicted octanol–water partition coefficient (Wildman–Crippen LogP) is 5.27. The molecule has 0 amide bonds. The molecule has 3 rings (SSSR count). The van der Waals surface area contributed by atoms with Crippen LogP contribution in [0.25, 0.3) is 17.0 Å². The van der Waals surface area contributed by atoms with E-state index in [1.54, 1.807) is 7.05 Å². The van der Waals surface area contributed by atoms with Gasteiger partial charge in [0.15, 0.2) is 5.82 Å². The Kier molecular flexibility index (Phi) is 11.2. The average molecular weight is 461 g/mol. The van der Waals surface area contributed by atoms with Crippen LogP contribution >= 0.6 is 0 Å². The van der Waals surface area contributed by atoms with Crippen LogP contribution in [0.4, 0.5) is 5.82 Å². The lowest BCUT2D eigenvalue weighted by Crippen LogP contribution is -2.19. The van der Waals surface area contributed by atoms with Gasteiger partial charge in [-0.05, 0) is 55.6 Å². The van der Waals surface area contributed by atoms with Gasteiger partial charge in [0.1, 0.15) is 5.82 Å². The summed E-state index contributed by atoms with van der Waals surface area (Å²) in [5.74, 6) is 2.10. The number of anilines is 1. The summed E-state index contributed by atoms with van der Waals surface area (Å²) in [6.45, 7) is 12.9. The van der Waals surface area contributed by atoms with Gasteiger partial charge in [-0.2, -0.15) is 0 Å². The van der Waals surface area contributed by atoms with Crippen LogP contribution in [0.3, 0.4) is 0 Å². The largest absolute Gasteiger partial charge is 0.383 e. The van der Waals surface area contributed by atoms with Crippen LogP contribution in [0, 0.1) is 5.92 Å². The summed E-state index contributed by atoms with van der Waals surface area (Å²) in [5, 5.41) is 7.00. The second-order valence-corrected chi connectivity index (χ2v) is 8.14. The lowest BCUT2D eigenvalue weighted by atomic mass is 10.0. The van der Waals surface area contributed by atoms with E-state index in [-0.39, 0.29) is 0 Å². The van der Waals surface area contributed by atoms with E-state index >= 15 is 0 Å². The van der Waals surface area contributed by atoms with Gasteiger partial charge in [0.05, 0.1) is 11.3 Å². The van der Waals surface area contributed by atoms with Gasteiger partial charge in [0.2, 0.25) is 0 Å². The highest BCUT2D eigenvalue weighted by Crippen LogP contribution is 2.25. The molecule has 1 aromatic heterocycles. The maximum absolute atomic E-state index is 4.93. The number of nitrogens with one attached hydrogen (secondary N) is 2. The first-order valence-corrected chi connectivity index (χ1v) is 12.1. The fraction of sp³-hybridized carbons (Fsp3) is 0.393. The van der Waals surface area contributed by atoms with Crippen LogP contribution in [0.2, 0.25) is 0 Å². The number of nitrogens with zero attached hydrogens (tertiary/aromatic N) is 4. The molecule has 0 bridgehead atoms. The lowest BCUT2D eigenvalue weighted by molar-refractivity contribution is 0.566. The maximum atomic E-state index is 4.93. The maximum Gasteiger partial charge on any atom is 0.161 e. The zero-order valence-electron chi connectivity index (χ0n) is 21.6. The Morgan fingerprint density at radius 2 is 2.12 bits per heavy atom. The number of benzene rings is 1. The van der Waals surface area contributed by atoms with Gasteiger partial charge in [-0.25, -0.2) is 9.97 Å². The van der Waals surface area contributed by atoms with Crippen molar-refractivity contribution in [2.24, 2.45) is 10.9 Å². The van der Waals surface area contributed by atoms with E-state index in [1.165, 1.54) is 6.42 Å². The van der Waals surface area contributed by atoms with Crippen molar-refractivity contribution in [1.29, 1.82) is 0 Å². The number of allylic oxidation sites excluding steroid dienone is 4. The second kappa shape index (κ2) is 14.1. The Hall–Kier alpha value is -3.25. The van der Waals surface area contributed by atoms with Crippen molar-refractivity contribution in [3.05, 3.63) is 72.6 Å². The van der Waals surface area contributed by atoms with Gasteiger partial charge >= 0.3 is 0 Å². The van der Waals surface area contributed by atoms with Crippen molar-refractivity contribution in [1.82, 2.24) is 20.2 Å². The van der Waals surface area contributed by atoms with Gasteiger partial charge in [-0.1, -0.05) is 50.8 Å². The fourth-order valence-corrected chi connectivity index (χ4v) is 3.78. The molecule has 2 aromatic rings. The fourth-order valence-electron chi connectivity index (χ4n) is 3.78. The Labute approximate surface area is 205 Å². The Morgan fingerprint density at radius 1 is 1.32 bits per heavy atom. The summed E-state index contributed by atoms with van der Waals surface area (Å²) in [4.78, 5) is 16.1. The summed E-state index contributed by atoms with van der Waals surface area (Å²) in [5.41, 5.74) is 4.87. The van der Waals surface area contributed by atoms with Crippen LogP contribution in [-0.2, 0) is 0 Å². The first-order valence-electron chi connectivity index (χ1n) is 12.1. The Bertz CT molecular complexity index is 1010. The van der Waals surface area contributed by atoms with Crippen molar-refractivity contribution in [2.75, 3.05) is 46.1 Å². The molecule has 0 spiro atoms. The molecule has 2 heterocycles. The minimum Gasteiger partial charge on any atom is -0.383 e. The number of rotatable bonds is 9. The Morgan fingerprint density at radius 3 is 2.74 bits per heavy atom. The smallest absolute Gasteiger partial charge is 0.161 e.